The van der Waals surface area contributed by atoms with Gasteiger partial charge in [-0.25, -0.2) is 9.59 Å². The first kappa shape index (κ1) is 10.0. The van der Waals surface area contributed by atoms with E-state index >= 15 is 0 Å². The Kier molecular flexibility index (Phi) is 2.32. The minimum Gasteiger partial charge on any atom is -0.456 e. The lowest BCUT2D eigenvalue weighted by Gasteiger charge is -2.22. The van der Waals surface area contributed by atoms with Crippen molar-refractivity contribution in [3.8, 4) is 0 Å². The van der Waals surface area contributed by atoms with Gasteiger partial charge >= 0.3 is 12.4 Å². The normalized spacial score (nSPS) is 19.0. The monoisotopic (exact) mass is 185 g/mol. The van der Waals surface area contributed by atoms with Gasteiger partial charge in [0.15, 0.2) is 0 Å². The molecule has 1 radical (unpaired) electrons. The van der Waals surface area contributed by atoms with Crippen LogP contribution in [0.15, 0.2) is 0 Å². The van der Waals surface area contributed by atoms with Crippen molar-refractivity contribution < 1.29 is 19.1 Å². The van der Waals surface area contributed by atoms with Gasteiger partial charge in [-0.1, -0.05) is 0 Å². The summed E-state index contributed by atoms with van der Waals surface area (Å²) in [6.45, 7) is 6.05. The second kappa shape index (κ2) is 3.01. The minimum atomic E-state index is -1.23. The smallest absolute Gasteiger partial charge is 0.418 e. The molecule has 73 valence electrons. The van der Waals surface area contributed by atoms with Crippen molar-refractivity contribution in [2.45, 2.75) is 44.8 Å². The Balaban J connectivity index is 2.50. The van der Waals surface area contributed by atoms with Crippen LogP contribution in [0.1, 0.15) is 33.6 Å². The first-order chi connectivity index (χ1) is 5.90. The fourth-order valence-corrected chi connectivity index (χ4v) is 0.771. The van der Waals surface area contributed by atoms with Gasteiger partial charge in [-0.2, -0.15) is 0 Å². The molecular formula is C9H13O4. The molecule has 13 heavy (non-hydrogen) atoms. The Morgan fingerprint density at radius 2 is 2.00 bits per heavy atom. The summed E-state index contributed by atoms with van der Waals surface area (Å²) < 4.78 is 9.61. The van der Waals surface area contributed by atoms with Crippen molar-refractivity contribution >= 4 is 12.4 Å². The Morgan fingerprint density at radius 1 is 1.46 bits per heavy atom. The predicted octanol–water partition coefficient (Wildman–Crippen LogP) is 0.944. The topological polar surface area (TPSA) is 52.6 Å². The highest BCUT2D eigenvalue weighted by atomic mass is 16.6. The van der Waals surface area contributed by atoms with Crippen molar-refractivity contribution in [2.24, 2.45) is 0 Å². The van der Waals surface area contributed by atoms with E-state index in [-0.39, 0.29) is 5.60 Å². The first-order valence-corrected chi connectivity index (χ1v) is 4.18. The Bertz CT molecular complexity index is 228. The zero-order chi connectivity index (χ0) is 10.1. The molecule has 1 rings (SSSR count). The molecule has 0 aromatic rings. The third-order valence-electron chi connectivity index (χ3n) is 2.08. The van der Waals surface area contributed by atoms with Gasteiger partial charge < -0.3 is 9.47 Å². The fraction of sp³-hybridized carbons (Fsp3) is 0.778. The number of hydrogen-bond acceptors (Lipinski definition) is 4. The minimum absolute atomic E-state index is 0.333. The van der Waals surface area contributed by atoms with Crippen molar-refractivity contribution in [3.05, 3.63) is 0 Å². The van der Waals surface area contributed by atoms with Crippen molar-refractivity contribution in [2.75, 3.05) is 0 Å². The van der Waals surface area contributed by atoms with Gasteiger partial charge in [-0.05, 0) is 33.6 Å². The van der Waals surface area contributed by atoms with Crippen LogP contribution < -0.4 is 0 Å². The van der Waals surface area contributed by atoms with Gasteiger partial charge in [0.25, 0.3) is 0 Å². The molecular weight excluding hydrogens is 172 g/mol. The van der Waals surface area contributed by atoms with E-state index in [1.165, 1.54) is 20.3 Å². The average Bonchev–Trinajstić information content (AvgIpc) is 2.67. The maximum Gasteiger partial charge on any atom is 0.418 e. The van der Waals surface area contributed by atoms with Crippen LogP contribution in [-0.4, -0.2) is 23.6 Å². The van der Waals surface area contributed by atoms with Gasteiger partial charge in [0, 0.05) is 0 Å². The van der Waals surface area contributed by atoms with Crippen molar-refractivity contribution in [1.82, 2.24) is 0 Å². The molecule has 1 aliphatic carbocycles. The number of ether oxygens (including phenoxy) is 2. The second-order valence-corrected chi connectivity index (χ2v) is 4.04. The molecule has 0 bridgehead atoms. The summed E-state index contributed by atoms with van der Waals surface area (Å²) in [4.78, 5) is 21.3. The molecule has 0 aromatic heterocycles. The third kappa shape index (κ3) is 2.44. The zero-order valence-electron chi connectivity index (χ0n) is 8.05. The van der Waals surface area contributed by atoms with Crippen LogP contribution in [0, 0.1) is 0 Å². The lowest BCUT2D eigenvalue weighted by molar-refractivity contribution is -0.167. The van der Waals surface area contributed by atoms with E-state index in [1.54, 1.807) is 0 Å². The lowest BCUT2D eigenvalue weighted by atomic mass is 10.1. The van der Waals surface area contributed by atoms with Crippen molar-refractivity contribution in [1.29, 1.82) is 0 Å². The molecule has 0 amide bonds. The third-order valence-corrected chi connectivity index (χ3v) is 2.08. The van der Waals surface area contributed by atoms with Crippen LogP contribution in [0.3, 0.4) is 0 Å². The second-order valence-electron chi connectivity index (χ2n) is 4.04. The molecule has 0 N–H and O–H groups in total. The van der Waals surface area contributed by atoms with E-state index in [9.17, 15) is 9.59 Å². The average molecular weight is 185 g/mol. The number of hydrogen-bond donors (Lipinski definition) is 0. The number of carbonyl (C=O) groups is 1. The summed E-state index contributed by atoms with van der Waals surface area (Å²) >= 11 is 0. The summed E-state index contributed by atoms with van der Waals surface area (Å²) in [6, 6.07) is 0. The highest BCUT2D eigenvalue weighted by Gasteiger charge is 2.45. The van der Waals surface area contributed by atoms with E-state index in [2.05, 4.69) is 4.74 Å². The molecule has 1 aliphatic rings. The molecule has 0 heterocycles. The highest BCUT2D eigenvalue weighted by molar-refractivity contribution is 5.80. The quantitative estimate of drug-likeness (QED) is 0.612. The van der Waals surface area contributed by atoms with Crippen LogP contribution in [0.5, 0.6) is 0 Å². The molecule has 0 aromatic carbocycles. The van der Waals surface area contributed by atoms with Gasteiger partial charge in [0.2, 0.25) is 5.60 Å². The number of esters is 1. The fourth-order valence-electron chi connectivity index (χ4n) is 0.771. The SMILES string of the molecule is CC1(OC(=O)C(C)(C)O[C]=O)CC1. The molecule has 0 saturated heterocycles. The Hall–Kier alpha value is -1.06. The first-order valence-electron chi connectivity index (χ1n) is 4.18. The molecule has 4 nitrogen and oxygen atoms in total. The van der Waals surface area contributed by atoms with Gasteiger partial charge in [0.05, 0.1) is 0 Å². The van der Waals surface area contributed by atoms with Gasteiger partial charge in [-0.3, -0.25) is 0 Å². The Morgan fingerprint density at radius 3 is 2.38 bits per heavy atom. The summed E-state index contributed by atoms with van der Waals surface area (Å²) in [5, 5.41) is 0. The molecule has 0 aliphatic heterocycles. The largest absolute Gasteiger partial charge is 0.456 e. The van der Waals surface area contributed by atoms with Crippen LogP contribution >= 0.6 is 0 Å². The van der Waals surface area contributed by atoms with Crippen LogP contribution in [-0.2, 0) is 19.1 Å². The zero-order valence-corrected chi connectivity index (χ0v) is 8.05. The highest BCUT2D eigenvalue weighted by Crippen LogP contribution is 2.39. The van der Waals surface area contributed by atoms with E-state index in [0.717, 1.165) is 12.8 Å². The molecule has 4 heteroatoms. The van der Waals surface area contributed by atoms with Crippen LogP contribution in [0.2, 0.25) is 0 Å². The van der Waals surface area contributed by atoms with Gasteiger partial charge in [0.1, 0.15) is 5.60 Å². The van der Waals surface area contributed by atoms with E-state index < -0.39 is 11.6 Å². The molecule has 0 spiro atoms. The predicted molar refractivity (Wildman–Crippen MR) is 44.6 cm³/mol. The van der Waals surface area contributed by atoms with E-state index in [0.29, 0.717) is 0 Å². The molecule has 0 unspecified atom stereocenters. The van der Waals surface area contributed by atoms with Gasteiger partial charge in [-0.15, -0.1) is 0 Å². The van der Waals surface area contributed by atoms with E-state index in [4.69, 9.17) is 4.74 Å². The summed E-state index contributed by atoms with van der Waals surface area (Å²) in [5.41, 5.74) is -1.56. The van der Waals surface area contributed by atoms with E-state index in [1.807, 2.05) is 6.92 Å². The lowest BCUT2D eigenvalue weighted by Crippen LogP contribution is -2.38. The standard InChI is InChI=1S/C9H13O4/c1-8(2,12-6-10)7(11)13-9(3)4-5-9/h4-5H2,1-3H3. The van der Waals surface area contributed by atoms with Crippen LogP contribution in [0.25, 0.3) is 0 Å². The van der Waals surface area contributed by atoms with Crippen molar-refractivity contribution in [3.63, 3.8) is 0 Å². The summed E-state index contributed by atoms with van der Waals surface area (Å²) in [5.74, 6) is -0.518. The summed E-state index contributed by atoms with van der Waals surface area (Å²) in [6.07, 6.45) is 1.75. The number of carbonyl (C=O) groups excluding carboxylic acids is 2. The molecule has 1 fully saturated rings. The number of rotatable bonds is 4. The molecule has 0 atom stereocenters. The summed E-state index contributed by atoms with van der Waals surface area (Å²) in [7, 11) is 0. The maximum atomic E-state index is 11.4. The Labute approximate surface area is 77.2 Å². The van der Waals surface area contributed by atoms with Crippen LogP contribution in [0.4, 0.5) is 0 Å². The maximum absolute atomic E-state index is 11.4. The molecule has 1 saturated carbocycles.